The molecule has 0 saturated heterocycles. The van der Waals surface area contributed by atoms with Crippen molar-refractivity contribution in [2.75, 3.05) is 19.0 Å². The Hall–Kier alpha value is -3.67. The van der Waals surface area contributed by atoms with Crippen molar-refractivity contribution >= 4 is 17.6 Å². The molecule has 6 nitrogen and oxygen atoms in total. The lowest BCUT2D eigenvalue weighted by Crippen LogP contribution is -2.21. The summed E-state index contributed by atoms with van der Waals surface area (Å²) in [4.78, 5) is 28.8. The number of benzene rings is 2. The van der Waals surface area contributed by atoms with E-state index in [1.807, 2.05) is 30.3 Å². The molecule has 0 aliphatic rings. The van der Waals surface area contributed by atoms with Gasteiger partial charge in [0, 0.05) is 17.3 Å². The number of esters is 1. The monoisotopic (exact) mass is 376 g/mol. The fraction of sp³-hybridized carbons (Fsp3) is 0.136. The van der Waals surface area contributed by atoms with Gasteiger partial charge in [-0.2, -0.15) is 0 Å². The molecule has 1 amide bonds. The summed E-state index contributed by atoms with van der Waals surface area (Å²) in [5.74, 6) is -0.409. The molecule has 1 aromatic heterocycles. The standard InChI is InChI=1S/C22H20N2O4/c1-15-19(11-12-20(23-15)16-7-4-3-5-8-16)22(26)28-14-21(25)24-17-9-6-10-18(13-17)27-2/h3-13H,14H2,1-2H3,(H,24,25). The van der Waals surface area contributed by atoms with Gasteiger partial charge in [-0.15, -0.1) is 0 Å². The predicted octanol–water partition coefficient (Wildman–Crippen LogP) is 3.86. The van der Waals surface area contributed by atoms with Gasteiger partial charge in [-0.05, 0) is 31.2 Å². The van der Waals surface area contributed by atoms with Crippen LogP contribution in [0.3, 0.4) is 0 Å². The molecule has 0 saturated carbocycles. The molecular weight excluding hydrogens is 356 g/mol. The zero-order chi connectivity index (χ0) is 19.9. The Morgan fingerprint density at radius 2 is 1.79 bits per heavy atom. The van der Waals surface area contributed by atoms with Crippen LogP contribution in [-0.4, -0.2) is 30.6 Å². The molecule has 0 spiro atoms. The van der Waals surface area contributed by atoms with Gasteiger partial charge in [-0.1, -0.05) is 36.4 Å². The highest BCUT2D eigenvalue weighted by atomic mass is 16.5. The largest absolute Gasteiger partial charge is 0.497 e. The van der Waals surface area contributed by atoms with E-state index in [9.17, 15) is 9.59 Å². The summed E-state index contributed by atoms with van der Waals surface area (Å²) in [6.45, 7) is 1.34. The summed E-state index contributed by atoms with van der Waals surface area (Å²) in [6.07, 6.45) is 0. The molecule has 0 aliphatic heterocycles. The maximum Gasteiger partial charge on any atom is 0.340 e. The Bertz CT molecular complexity index is 987. The molecule has 0 radical (unpaired) electrons. The number of amides is 1. The quantitative estimate of drug-likeness (QED) is 0.661. The topological polar surface area (TPSA) is 77.5 Å². The second-order valence-electron chi connectivity index (χ2n) is 6.05. The second kappa shape index (κ2) is 8.81. The van der Waals surface area contributed by atoms with Crippen LogP contribution in [0.1, 0.15) is 16.1 Å². The highest BCUT2D eigenvalue weighted by molar-refractivity contribution is 5.96. The van der Waals surface area contributed by atoms with Crippen LogP contribution < -0.4 is 10.1 Å². The summed E-state index contributed by atoms with van der Waals surface area (Å²) in [6, 6.07) is 20.0. The van der Waals surface area contributed by atoms with Gasteiger partial charge >= 0.3 is 5.97 Å². The zero-order valence-electron chi connectivity index (χ0n) is 15.6. The van der Waals surface area contributed by atoms with Crippen LogP contribution in [0.15, 0.2) is 66.7 Å². The van der Waals surface area contributed by atoms with Crippen molar-refractivity contribution in [1.82, 2.24) is 4.98 Å². The van der Waals surface area contributed by atoms with Gasteiger partial charge in [0.25, 0.3) is 5.91 Å². The fourth-order valence-electron chi connectivity index (χ4n) is 2.65. The zero-order valence-corrected chi connectivity index (χ0v) is 15.6. The number of hydrogen-bond donors (Lipinski definition) is 1. The third-order valence-electron chi connectivity index (χ3n) is 4.06. The first-order valence-electron chi connectivity index (χ1n) is 8.71. The normalized spacial score (nSPS) is 10.2. The average Bonchev–Trinajstić information content (AvgIpc) is 2.72. The highest BCUT2D eigenvalue weighted by Crippen LogP contribution is 2.19. The van der Waals surface area contributed by atoms with Gasteiger partial charge in [0.05, 0.1) is 24.1 Å². The van der Waals surface area contributed by atoms with E-state index < -0.39 is 18.5 Å². The minimum absolute atomic E-state index is 0.328. The Labute approximate surface area is 163 Å². The molecule has 3 rings (SSSR count). The third kappa shape index (κ3) is 4.73. The first kappa shape index (κ1) is 19.1. The number of nitrogens with zero attached hydrogens (tertiary/aromatic N) is 1. The van der Waals surface area contributed by atoms with Gasteiger partial charge in [0.1, 0.15) is 5.75 Å². The highest BCUT2D eigenvalue weighted by Gasteiger charge is 2.15. The van der Waals surface area contributed by atoms with E-state index in [0.717, 1.165) is 11.3 Å². The van der Waals surface area contributed by atoms with Crippen LogP contribution in [0.4, 0.5) is 5.69 Å². The van der Waals surface area contributed by atoms with E-state index >= 15 is 0 Å². The van der Waals surface area contributed by atoms with E-state index in [2.05, 4.69) is 10.3 Å². The molecule has 0 bridgehead atoms. The maximum absolute atomic E-state index is 12.3. The molecule has 28 heavy (non-hydrogen) atoms. The molecule has 6 heteroatoms. The maximum atomic E-state index is 12.3. The van der Waals surface area contributed by atoms with Crippen LogP contribution in [-0.2, 0) is 9.53 Å². The van der Waals surface area contributed by atoms with E-state index in [1.165, 1.54) is 0 Å². The molecule has 0 unspecified atom stereocenters. The number of methoxy groups -OCH3 is 1. The Balaban J connectivity index is 1.60. The smallest absolute Gasteiger partial charge is 0.340 e. The Morgan fingerprint density at radius 1 is 1.00 bits per heavy atom. The summed E-state index contributed by atoms with van der Waals surface area (Å²) in [7, 11) is 1.54. The van der Waals surface area contributed by atoms with Crippen LogP contribution in [0.2, 0.25) is 0 Å². The van der Waals surface area contributed by atoms with Crippen molar-refractivity contribution in [3.8, 4) is 17.0 Å². The Morgan fingerprint density at radius 3 is 2.50 bits per heavy atom. The SMILES string of the molecule is COc1cccc(NC(=O)COC(=O)c2ccc(-c3ccccc3)nc2C)c1. The minimum Gasteiger partial charge on any atom is -0.497 e. The van der Waals surface area contributed by atoms with Gasteiger partial charge in [0.15, 0.2) is 6.61 Å². The van der Waals surface area contributed by atoms with Crippen LogP contribution in [0, 0.1) is 6.92 Å². The first-order chi connectivity index (χ1) is 13.6. The number of aromatic nitrogens is 1. The van der Waals surface area contributed by atoms with Crippen molar-refractivity contribution in [3.63, 3.8) is 0 Å². The molecule has 2 aromatic carbocycles. The van der Waals surface area contributed by atoms with Crippen molar-refractivity contribution in [1.29, 1.82) is 0 Å². The van der Waals surface area contributed by atoms with Crippen LogP contribution >= 0.6 is 0 Å². The van der Waals surface area contributed by atoms with Crippen molar-refractivity contribution in [2.24, 2.45) is 0 Å². The van der Waals surface area contributed by atoms with E-state index in [-0.39, 0.29) is 0 Å². The fourth-order valence-corrected chi connectivity index (χ4v) is 2.65. The molecule has 142 valence electrons. The van der Waals surface area contributed by atoms with E-state index in [1.54, 1.807) is 50.4 Å². The lowest BCUT2D eigenvalue weighted by Gasteiger charge is -2.09. The minimum atomic E-state index is -0.592. The number of anilines is 1. The second-order valence-corrected chi connectivity index (χ2v) is 6.05. The summed E-state index contributed by atoms with van der Waals surface area (Å²) >= 11 is 0. The molecule has 3 aromatic rings. The number of rotatable bonds is 6. The summed E-state index contributed by atoms with van der Waals surface area (Å²) < 4.78 is 10.2. The van der Waals surface area contributed by atoms with E-state index in [0.29, 0.717) is 22.7 Å². The average molecular weight is 376 g/mol. The number of carbonyl (C=O) groups excluding carboxylic acids is 2. The number of nitrogens with one attached hydrogen (secondary N) is 1. The summed E-state index contributed by atoms with van der Waals surface area (Å²) in [5.41, 5.74) is 3.16. The first-order valence-corrected chi connectivity index (χ1v) is 8.71. The van der Waals surface area contributed by atoms with Crippen molar-refractivity contribution in [3.05, 3.63) is 78.0 Å². The number of pyridine rings is 1. The number of carbonyl (C=O) groups is 2. The van der Waals surface area contributed by atoms with Crippen molar-refractivity contribution < 1.29 is 19.1 Å². The van der Waals surface area contributed by atoms with Crippen molar-refractivity contribution in [2.45, 2.75) is 6.92 Å². The predicted molar refractivity (Wildman–Crippen MR) is 106 cm³/mol. The van der Waals surface area contributed by atoms with Gasteiger partial charge in [0.2, 0.25) is 0 Å². The lowest BCUT2D eigenvalue weighted by atomic mass is 10.1. The van der Waals surface area contributed by atoms with E-state index in [4.69, 9.17) is 9.47 Å². The number of hydrogen-bond acceptors (Lipinski definition) is 5. The van der Waals surface area contributed by atoms with Gasteiger partial charge < -0.3 is 14.8 Å². The number of aryl methyl sites for hydroxylation is 1. The molecule has 0 atom stereocenters. The molecule has 1 heterocycles. The number of ether oxygens (including phenoxy) is 2. The molecule has 0 aliphatic carbocycles. The Kier molecular flexibility index (Phi) is 6.01. The van der Waals surface area contributed by atoms with Crippen LogP contribution in [0.5, 0.6) is 5.75 Å². The molecule has 0 fully saturated rings. The van der Waals surface area contributed by atoms with Gasteiger partial charge in [-0.3, -0.25) is 9.78 Å². The molecule has 1 N–H and O–H groups in total. The van der Waals surface area contributed by atoms with Gasteiger partial charge in [-0.25, -0.2) is 4.79 Å². The third-order valence-corrected chi connectivity index (χ3v) is 4.06. The van der Waals surface area contributed by atoms with Crippen LogP contribution in [0.25, 0.3) is 11.3 Å². The molecular formula is C22H20N2O4. The summed E-state index contributed by atoms with van der Waals surface area (Å²) in [5, 5.41) is 2.66. The lowest BCUT2D eigenvalue weighted by molar-refractivity contribution is -0.119.